The second-order valence-corrected chi connectivity index (χ2v) is 12.7. The van der Waals surface area contributed by atoms with E-state index in [1.54, 1.807) is 0 Å². The molecule has 0 spiro atoms. The molecule has 1 fully saturated rings. The van der Waals surface area contributed by atoms with Gasteiger partial charge in [-0.15, -0.1) is 0 Å². The summed E-state index contributed by atoms with van der Waals surface area (Å²) >= 11 is 1.43. The van der Waals surface area contributed by atoms with Crippen LogP contribution in [-0.4, -0.2) is 51.0 Å². The molecule has 0 radical (unpaired) electrons. The number of carbonyl (C=O) groups is 1. The van der Waals surface area contributed by atoms with Crippen LogP contribution >= 0.6 is 11.3 Å². The highest BCUT2D eigenvalue weighted by atomic mass is 32.2. The molecule has 170 valence electrons. The molecule has 0 aliphatic carbocycles. The van der Waals surface area contributed by atoms with Gasteiger partial charge in [-0.3, -0.25) is 4.79 Å². The van der Waals surface area contributed by atoms with Crippen LogP contribution < -0.4 is 4.80 Å². The summed E-state index contributed by atoms with van der Waals surface area (Å²) in [5.41, 5.74) is 0.995. The van der Waals surface area contributed by atoms with Gasteiger partial charge in [-0.1, -0.05) is 35.6 Å². The van der Waals surface area contributed by atoms with E-state index in [1.165, 1.54) is 39.9 Å². The summed E-state index contributed by atoms with van der Waals surface area (Å²) in [7, 11) is -5.84. The third-order valence-electron chi connectivity index (χ3n) is 5.59. The number of hydrogen-bond acceptors (Lipinski definition) is 6. The predicted molar refractivity (Wildman–Crippen MR) is 122 cm³/mol. The number of rotatable bonds is 4. The van der Waals surface area contributed by atoms with Gasteiger partial charge >= 0.3 is 0 Å². The lowest BCUT2D eigenvalue weighted by Crippen LogP contribution is -2.40. The van der Waals surface area contributed by atoms with Gasteiger partial charge in [0.15, 0.2) is 14.6 Å². The van der Waals surface area contributed by atoms with Gasteiger partial charge in [-0.25, -0.2) is 16.8 Å². The van der Waals surface area contributed by atoms with Crippen LogP contribution in [0, 0.1) is 5.92 Å². The van der Waals surface area contributed by atoms with Crippen molar-refractivity contribution in [3.63, 3.8) is 0 Å². The summed E-state index contributed by atoms with van der Waals surface area (Å²) in [4.78, 5) is 17.3. The van der Waals surface area contributed by atoms with Crippen molar-refractivity contribution in [1.82, 2.24) is 8.87 Å². The van der Waals surface area contributed by atoms with E-state index < -0.39 is 19.9 Å². The molecule has 2 heterocycles. The van der Waals surface area contributed by atoms with Crippen LogP contribution in [0.15, 0.2) is 63.3 Å². The van der Waals surface area contributed by atoms with Gasteiger partial charge in [-0.2, -0.15) is 9.30 Å². The van der Waals surface area contributed by atoms with Crippen LogP contribution in [0.3, 0.4) is 0 Å². The van der Waals surface area contributed by atoms with Crippen LogP contribution in [0.2, 0.25) is 0 Å². The zero-order chi connectivity index (χ0) is 23.1. The lowest BCUT2D eigenvalue weighted by molar-refractivity contribution is -0.122. The van der Waals surface area contributed by atoms with Crippen molar-refractivity contribution < 1.29 is 21.6 Å². The number of hydrogen-bond donors (Lipinski definition) is 0. The van der Waals surface area contributed by atoms with E-state index in [1.807, 2.05) is 35.9 Å². The minimum Gasteiger partial charge on any atom is -0.319 e. The number of sulfonamides is 1. The smallest absolute Gasteiger partial charge is 0.251 e. The van der Waals surface area contributed by atoms with Crippen LogP contribution in [0.25, 0.3) is 10.2 Å². The van der Waals surface area contributed by atoms with E-state index in [0.717, 1.165) is 16.5 Å². The summed E-state index contributed by atoms with van der Waals surface area (Å²) in [5.74, 6) is -0.641. The van der Waals surface area contributed by atoms with E-state index in [4.69, 9.17) is 0 Å². The summed E-state index contributed by atoms with van der Waals surface area (Å²) in [6, 6.07) is 13.4. The normalized spacial score (nSPS) is 17.1. The third kappa shape index (κ3) is 4.29. The minimum atomic E-state index is -4.00. The number of piperidine rings is 1. The van der Waals surface area contributed by atoms with Gasteiger partial charge in [0.1, 0.15) is 4.90 Å². The number of thiazole rings is 1. The average Bonchev–Trinajstić information content (AvgIpc) is 3.08. The lowest BCUT2D eigenvalue weighted by atomic mass is 9.98. The SMILES string of the molecule is Cn1c(=NC(=O)C2CCN(S(=O)(=O)c3ccccc3S(C)(=O)=O)CC2)sc2ccccc21. The number of benzene rings is 2. The number of para-hydroxylation sites is 1. The first kappa shape index (κ1) is 22.8. The highest BCUT2D eigenvalue weighted by Gasteiger charge is 2.34. The molecule has 0 N–H and O–H groups in total. The van der Waals surface area contributed by atoms with E-state index in [0.29, 0.717) is 17.6 Å². The minimum absolute atomic E-state index is 0.130. The largest absolute Gasteiger partial charge is 0.319 e. The fourth-order valence-corrected chi connectivity index (χ4v) is 7.92. The van der Waals surface area contributed by atoms with E-state index >= 15 is 0 Å². The van der Waals surface area contributed by atoms with Gasteiger partial charge < -0.3 is 4.57 Å². The molecule has 4 rings (SSSR count). The maximum absolute atomic E-state index is 13.1. The monoisotopic (exact) mass is 493 g/mol. The highest BCUT2D eigenvalue weighted by Crippen LogP contribution is 2.28. The zero-order valence-corrected chi connectivity index (χ0v) is 20.1. The summed E-state index contributed by atoms with van der Waals surface area (Å²) < 4.78 is 54.5. The zero-order valence-electron chi connectivity index (χ0n) is 17.6. The fraction of sp³-hybridized carbons (Fsp3) is 0.333. The number of aryl methyl sites for hydroxylation is 1. The molecule has 0 saturated carbocycles. The Morgan fingerprint density at radius 1 is 0.969 bits per heavy atom. The van der Waals surface area contributed by atoms with Crippen LogP contribution in [0.4, 0.5) is 0 Å². The highest BCUT2D eigenvalue weighted by molar-refractivity contribution is 7.93. The van der Waals surface area contributed by atoms with Gasteiger partial charge in [-0.05, 0) is 37.1 Å². The van der Waals surface area contributed by atoms with Crippen molar-refractivity contribution in [3.8, 4) is 0 Å². The van der Waals surface area contributed by atoms with Crippen molar-refractivity contribution in [1.29, 1.82) is 0 Å². The van der Waals surface area contributed by atoms with Gasteiger partial charge in [0.05, 0.1) is 15.1 Å². The molecule has 1 aliphatic rings. The molecule has 0 bridgehead atoms. The molecule has 1 saturated heterocycles. The summed E-state index contributed by atoms with van der Waals surface area (Å²) in [5, 5.41) is 0. The lowest BCUT2D eigenvalue weighted by Gasteiger charge is -2.30. The van der Waals surface area contributed by atoms with Crippen LogP contribution in [0.1, 0.15) is 12.8 Å². The first-order chi connectivity index (χ1) is 15.1. The maximum atomic E-state index is 13.1. The topological polar surface area (TPSA) is 106 Å². The summed E-state index contributed by atoms with van der Waals surface area (Å²) in [6.45, 7) is 0.260. The van der Waals surface area contributed by atoms with Crippen molar-refractivity contribution in [3.05, 3.63) is 53.3 Å². The molecule has 0 unspecified atom stereocenters. The molecular weight excluding hydrogens is 470 g/mol. The molecule has 1 aromatic heterocycles. The van der Waals surface area contributed by atoms with E-state index in [9.17, 15) is 21.6 Å². The standard InChI is InChI=1S/C21H23N3O5S3/c1-23-16-7-3-4-8-17(16)30-21(23)22-20(25)15-11-13-24(14-12-15)32(28,29)19-10-6-5-9-18(19)31(2,26)27/h3-10,15H,11-14H2,1-2H3. The van der Waals surface area contributed by atoms with Gasteiger partial charge in [0, 0.05) is 32.3 Å². The Kier molecular flexibility index (Phi) is 6.10. The molecule has 32 heavy (non-hydrogen) atoms. The number of aromatic nitrogens is 1. The Hall–Kier alpha value is -2.34. The van der Waals surface area contributed by atoms with Crippen molar-refractivity contribution in [2.75, 3.05) is 19.3 Å². The molecular formula is C21H23N3O5S3. The molecule has 8 nitrogen and oxygen atoms in total. The van der Waals surface area contributed by atoms with Gasteiger partial charge in [0.25, 0.3) is 5.91 Å². The maximum Gasteiger partial charge on any atom is 0.251 e. The van der Waals surface area contributed by atoms with Gasteiger partial charge in [0.2, 0.25) is 10.0 Å². The number of nitrogens with zero attached hydrogens (tertiary/aromatic N) is 3. The second kappa shape index (κ2) is 8.54. The molecule has 3 aromatic rings. The number of carbonyl (C=O) groups excluding carboxylic acids is 1. The molecule has 11 heteroatoms. The molecule has 2 aromatic carbocycles. The quantitative estimate of drug-likeness (QED) is 0.554. The van der Waals surface area contributed by atoms with Crippen molar-refractivity contribution >= 4 is 47.3 Å². The van der Waals surface area contributed by atoms with Crippen LogP contribution in [-0.2, 0) is 31.7 Å². The third-order valence-corrected chi connectivity index (χ3v) is 9.94. The second-order valence-electron chi connectivity index (χ2n) is 7.76. The van der Waals surface area contributed by atoms with Crippen molar-refractivity contribution in [2.24, 2.45) is 18.0 Å². The number of sulfone groups is 1. The first-order valence-corrected chi connectivity index (χ1v) is 14.2. The van der Waals surface area contributed by atoms with E-state index in [-0.39, 0.29) is 34.7 Å². The first-order valence-electron chi connectivity index (χ1n) is 10.0. The molecule has 0 atom stereocenters. The predicted octanol–water partition coefficient (Wildman–Crippen LogP) is 2.17. The molecule has 1 amide bonds. The Labute approximate surface area is 190 Å². The van der Waals surface area contributed by atoms with Crippen molar-refractivity contribution in [2.45, 2.75) is 22.6 Å². The fourth-order valence-electron chi connectivity index (χ4n) is 3.83. The Morgan fingerprint density at radius 3 is 2.19 bits per heavy atom. The Bertz CT molecular complexity index is 1460. The number of fused-ring (bicyclic) bond motifs is 1. The van der Waals surface area contributed by atoms with Crippen LogP contribution in [0.5, 0.6) is 0 Å². The Balaban J connectivity index is 1.53. The molecule has 1 aliphatic heterocycles. The van der Waals surface area contributed by atoms with E-state index in [2.05, 4.69) is 4.99 Å². The Morgan fingerprint density at radius 2 is 1.56 bits per heavy atom. The summed E-state index contributed by atoms with van der Waals surface area (Å²) in [6.07, 6.45) is 1.65. The average molecular weight is 494 g/mol. The number of amides is 1.